The highest BCUT2D eigenvalue weighted by atomic mass is 19.4. The van der Waals surface area contributed by atoms with Crippen LogP contribution in [0.3, 0.4) is 0 Å². The second kappa shape index (κ2) is 12.7. The molecule has 8 nitrogen and oxygen atoms in total. The SMILES string of the molecule is Cc1ccc(C(=Cc2c[nH]c3ncccc23)C(N)=O)cc1.NC(=O)C(=Cc1c[nH]c2ncccc12)c1ccccc1C(F)(F)F. The minimum absolute atomic E-state index is 0.215. The van der Waals surface area contributed by atoms with Gasteiger partial charge in [-0.05, 0) is 60.5 Å². The molecule has 0 atom stereocenters. The van der Waals surface area contributed by atoms with Crippen LogP contribution in [0, 0.1) is 6.92 Å². The van der Waals surface area contributed by atoms with E-state index in [2.05, 4.69) is 19.9 Å². The van der Waals surface area contributed by atoms with Gasteiger partial charge in [0.2, 0.25) is 11.8 Å². The maximum Gasteiger partial charge on any atom is 0.417 e. The van der Waals surface area contributed by atoms with Crippen LogP contribution in [0.15, 0.2) is 97.6 Å². The van der Waals surface area contributed by atoms with E-state index < -0.39 is 23.6 Å². The van der Waals surface area contributed by atoms with Crippen LogP contribution in [0.4, 0.5) is 13.2 Å². The van der Waals surface area contributed by atoms with Crippen LogP contribution in [0.2, 0.25) is 0 Å². The van der Waals surface area contributed by atoms with E-state index in [1.54, 1.807) is 36.8 Å². The van der Waals surface area contributed by atoms with Crippen molar-refractivity contribution < 1.29 is 22.8 Å². The molecule has 0 fully saturated rings. The van der Waals surface area contributed by atoms with Gasteiger partial charge in [-0.1, -0.05) is 48.0 Å². The van der Waals surface area contributed by atoms with E-state index in [9.17, 15) is 22.8 Å². The number of hydrogen-bond acceptors (Lipinski definition) is 4. The first-order chi connectivity index (χ1) is 21.5. The van der Waals surface area contributed by atoms with Crippen LogP contribution < -0.4 is 11.5 Å². The number of nitrogens with two attached hydrogens (primary N) is 2. The van der Waals surface area contributed by atoms with Crippen molar-refractivity contribution in [1.82, 2.24) is 19.9 Å². The minimum Gasteiger partial charge on any atom is -0.366 e. The highest BCUT2D eigenvalue weighted by molar-refractivity contribution is 6.25. The normalized spacial score (nSPS) is 12.2. The number of rotatable bonds is 6. The Kier molecular flexibility index (Phi) is 8.62. The summed E-state index contributed by atoms with van der Waals surface area (Å²) in [6, 6.07) is 19.8. The molecule has 0 bridgehead atoms. The van der Waals surface area contributed by atoms with E-state index in [1.165, 1.54) is 24.3 Å². The van der Waals surface area contributed by atoms with Gasteiger partial charge in [0.15, 0.2) is 0 Å². The molecule has 2 amide bonds. The number of primary amides is 2. The number of aryl methyl sites for hydroxylation is 1. The molecule has 6 N–H and O–H groups in total. The third-order valence-corrected chi connectivity index (χ3v) is 6.98. The van der Waals surface area contributed by atoms with E-state index in [0.717, 1.165) is 33.8 Å². The fraction of sp³-hybridized carbons (Fsp3) is 0.0588. The molecule has 226 valence electrons. The third-order valence-electron chi connectivity index (χ3n) is 6.98. The smallest absolute Gasteiger partial charge is 0.366 e. The molecule has 0 aliphatic heterocycles. The monoisotopic (exact) mass is 608 g/mol. The van der Waals surface area contributed by atoms with Gasteiger partial charge in [0.05, 0.1) is 5.56 Å². The number of hydrogen-bond donors (Lipinski definition) is 4. The topological polar surface area (TPSA) is 144 Å². The van der Waals surface area contributed by atoms with Gasteiger partial charge in [0.1, 0.15) is 11.3 Å². The van der Waals surface area contributed by atoms with Crippen molar-refractivity contribution in [2.75, 3.05) is 0 Å². The summed E-state index contributed by atoms with van der Waals surface area (Å²) >= 11 is 0. The molecule has 0 spiro atoms. The number of amides is 2. The highest BCUT2D eigenvalue weighted by Crippen LogP contribution is 2.36. The first-order valence-corrected chi connectivity index (χ1v) is 13.6. The van der Waals surface area contributed by atoms with E-state index >= 15 is 0 Å². The molecule has 4 heterocycles. The number of halogens is 3. The summed E-state index contributed by atoms with van der Waals surface area (Å²) < 4.78 is 39.6. The molecule has 0 saturated carbocycles. The zero-order valence-corrected chi connectivity index (χ0v) is 23.9. The molecule has 0 unspecified atom stereocenters. The maximum absolute atomic E-state index is 13.2. The zero-order valence-electron chi connectivity index (χ0n) is 23.9. The van der Waals surface area contributed by atoms with E-state index in [4.69, 9.17) is 11.5 Å². The molecule has 0 aliphatic rings. The number of aromatic nitrogens is 4. The van der Waals surface area contributed by atoms with Crippen molar-refractivity contribution in [3.8, 4) is 0 Å². The lowest BCUT2D eigenvalue weighted by atomic mass is 9.97. The summed E-state index contributed by atoms with van der Waals surface area (Å²) in [5.74, 6) is -1.39. The van der Waals surface area contributed by atoms with Gasteiger partial charge in [0, 0.05) is 57.8 Å². The number of carbonyl (C=O) groups excluding carboxylic acids is 2. The van der Waals surface area contributed by atoms with E-state index in [1.807, 2.05) is 49.5 Å². The summed E-state index contributed by atoms with van der Waals surface area (Å²) in [5.41, 5.74) is 14.7. The average molecular weight is 609 g/mol. The first-order valence-electron chi connectivity index (χ1n) is 13.6. The predicted octanol–water partition coefficient (Wildman–Crippen LogP) is 6.50. The first kappa shape index (κ1) is 30.5. The van der Waals surface area contributed by atoms with Crippen molar-refractivity contribution in [2.45, 2.75) is 13.1 Å². The van der Waals surface area contributed by atoms with E-state index in [-0.39, 0.29) is 11.1 Å². The van der Waals surface area contributed by atoms with Crippen LogP contribution in [-0.2, 0) is 15.8 Å². The van der Waals surface area contributed by atoms with Crippen molar-refractivity contribution in [1.29, 1.82) is 0 Å². The zero-order chi connectivity index (χ0) is 32.1. The average Bonchev–Trinajstić information content (AvgIpc) is 3.63. The van der Waals surface area contributed by atoms with Gasteiger partial charge in [-0.25, -0.2) is 9.97 Å². The minimum atomic E-state index is -4.59. The molecular formula is C34H27F3N6O2. The lowest BCUT2D eigenvalue weighted by Crippen LogP contribution is -2.17. The van der Waals surface area contributed by atoms with Crippen molar-refractivity contribution in [2.24, 2.45) is 11.5 Å². The van der Waals surface area contributed by atoms with Crippen molar-refractivity contribution >= 4 is 57.2 Å². The number of H-pyrrole nitrogens is 2. The van der Waals surface area contributed by atoms with Gasteiger partial charge in [-0.3, -0.25) is 9.59 Å². The lowest BCUT2D eigenvalue weighted by Gasteiger charge is -2.13. The second-order valence-corrected chi connectivity index (χ2v) is 10.0. The molecule has 6 rings (SSSR count). The van der Waals surface area contributed by atoms with Crippen LogP contribution in [-0.4, -0.2) is 31.8 Å². The number of nitrogens with one attached hydrogen (secondary N) is 2. The maximum atomic E-state index is 13.2. The lowest BCUT2D eigenvalue weighted by molar-refractivity contribution is -0.137. The van der Waals surface area contributed by atoms with E-state index in [0.29, 0.717) is 22.2 Å². The Balaban J connectivity index is 0.000000179. The Bertz CT molecular complexity index is 2070. The number of pyridine rings is 2. The van der Waals surface area contributed by atoms with Gasteiger partial charge in [0.25, 0.3) is 0 Å². The Morgan fingerprint density at radius 2 is 1.22 bits per heavy atom. The van der Waals surface area contributed by atoms with Gasteiger partial charge >= 0.3 is 6.18 Å². The summed E-state index contributed by atoms with van der Waals surface area (Å²) in [5, 5.41) is 1.64. The molecule has 0 saturated heterocycles. The molecule has 2 aromatic carbocycles. The van der Waals surface area contributed by atoms with Crippen LogP contribution in [0.1, 0.15) is 33.4 Å². The summed E-state index contributed by atoms with van der Waals surface area (Å²) in [6.45, 7) is 2.00. The highest BCUT2D eigenvalue weighted by Gasteiger charge is 2.34. The fourth-order valence-electron chi connectivity index (χ4n) is 4.78. The molecule has 0 aliphatic carbocycles. The summed E-state index contributed by atoms with van der Waals surface area (Å²) in [4.78, 5) is 37.9. The molecule has 4 aromatic heterocycles. The molecule has 11 heteroatoms. The van der Waals surface area contributed by atoms with Gasteiger partial charge < -0.3 is 21.4 Å². The predicted molar refractivity (Wildman–Crippen MR) is 169 cm³/mol. The largest absolute Gasteiger partial charge is 0.417 e. The Morgan fingerprint density at radius 3 is 1.73 bits per heavy atom. The quantitative estimate of drug-likeness (QED) is 0.160. The number of nitrogens with zero attached hydrogens (tertiary/aromatic N) is 2. The molecule has 6 aromatic rings. The second-order valence-electron chi connectivity index (χ2n) is 10.0. The molecule has 0 radical (unpaired) electrons. The number of carbonyl (C=O) groups is 2. The number of fused-ring (bicyclic) bond motifs is 2. The standard InChI is InChI=1S/C17H12F3N3O.C17H15N3O/c18-17(19,20)14-6-2-1-4-12(14)13(15(21)24)8-10-9-23-16-11(10)5-3-7-22-16;1-11-4-6-12(7-5-11)15(16(18)21)9-13-10-20-17-14(13)3-2-8-19-17/h1-9H,(H2,21,24)(H,22,23);2-10H,1H3,(H2,18,21)(H,19,20). The third kappa shape index (κ3) is 6.83. The Hall–Kier alpha value is -5.97. The Morgan fingerprint density at radius 1 is 0.711 bits per heavy atom. The molecule has 45 heavy (non-hydrogen) atoms. The van der Waals surface area contributed by atoms with Gasteiger partial charge in [-0.2, -0.15) is 13.2 Å². The van der Waals surface area contributed by atoms with Crippen LogP contribution in [0.5, 0.6) is 0 Å². The number of alkyl halides is 3. The van der Waals surface area contributed by atoms with Gasteiger partial charge in [-0.15, -0.1) is 0 Å². The fourth-order valence-corrected chi connectivity index (χ4v) is 4.78. The summed E-state index contributed by atoms with van der Waals surface area (Å²) in [7, 11) is 0. The van der Waals surface area contributed by atoms with Crippen molar-refractivity contribution in [3.05, 3.63) is 131 Å². The number of benzene rings is 2. The van der Waals surface area contributed by atoms with Crippen LogP contribution in [0.25, 0.3) is 45.4 Å². The summed E-state index contributed by atoms with van der Waals surface area (Å²) in [6.07, 6.45) is 5.25. The Labute approximate surface area is 255 Å². The van der Waals surface area contributed by atoms with Crippen LogP contribution >= 0.6 is 0 Å². The molecular weight excluding hydrogens is 581 g/mol. The van der Waals surface area contributed by atoms with Crippen molar-refractivity contribution in [3.63, 3.8) is 0 Å². The number of aromatic amines is 2.